The van der Waals surface area contributed by atoms with E-state index in [0.717, 1.165) is 22.3 Å². The van der Waals surface area contributed by atoms with Gasteiger partial charge >= 0.3 is 6.09 Å². The molecule has 16 nitrogen and oxygen atoms in total. The number of nitrogens with zero attached hydrogens (tertiary/aromatic N) is 2. The second kappa shape index (κ2) is 27.7. The first-order valence-corrected chi connectivity index (χ1v) is 24.3. The van der Waals surface area contributed by atoms with Crippen LogP contribution in [0.25, 0.3) is 4.85 Å². The Morgan fingerprint density at radius 3 is 1.93 bits per heavy atom. The Morgan fingerprint density at radius 1 is 0.754 bits per heavy atom. The maximum atomic E-state index is 13.1. The van der Waals surface area contributed by atoms with Crippen molar-refractivity contribution < 1.29 is 56.5 Å². The van der Waals surface area contributed by atoms with Gasteiger partial charge in [-0.1, -0.05) is 73.7 Å². The summed E-state index contributed by atoms with van der Waals surface area (Å²) in [7, 11) is 3.31. The summed E-state index contributed by atoms with van der Waals surface area (Å²) in [6.45, 7) is 19.7. The summed E-state index contributed by atoms with van der Waals surface area (Å²) in [4.78, 5) is 29.5. The van der Waals surface area contributed by atoms with Gasteiger partial charge in [-0.05, 0) is 86.3 Å². The molecule has 69 heavy (non-hydrogen) atoms. The van der Waals surface area contributed by atoms with E-state index in [-0.39, 0.29) is 70.7 Å². The van der Waals surface area contributed by atoms with Gasteiger partial charge in [0.1, 0.15) is 48.2 Å². The van der Waals surface area contributed by atoms with Crippen molar-refractivity contribution in [3.8, 4) is 17.2 Å². The summed E-state index contributed by atoms with van der Waals surface area (Å²) < 4.78 is 63.6. The lowest BCUT2D eigenvalue weighted by Crippen LogP contribution is -2.63. The van der Waals surface area contributed by atoms with Gasteiger partial charge in [-0.15, -0.1) is 0 Å². The molecule has 1 heterocycles. The molecule has 0 radical (unpaired) electrons. The van der Waals surface area contributed by atoms with Crippen LogP contribution in [0.1, 0.15) is 63.8 Å². The van der Waals surface area contributed by atoms with Gasteiger partial charge in [0, 0.05) is 31.5 Å². The number of carbonyl (C=O) groups is 2. The van der Waals surface area contributed by atoms with Crippen molar-refractivity contribution in [2.75, 3.05) is 67.5 Å². The molecular weight excluding hydrogens is 904 g/mol. The van der Waals surface area contributed by atoms with Crippen LogP contribution < -0.4 is 24.8 Å². The van der Waals surface area contributed by atoms with Gasteiger partial charge in [-0.3, -0.25) is 4.79 Å². The van der Waals surface area contributed by atoms with Gasteiger partial charge in [0.25, 0.3) is 8.53 Å². The molecule has 0 aliphatic carbocycles. The zero-order chi connectivity index (χ0) is 49.8. The van der Waals surface area contributed by atoms with Gasteiger partial charge in [-0.2, -0.15) is 0 Å². The molecule has 1 fully saturated rings. The molecule has 1 aliphatic heterocycles. The zero-order valence-corrected chi connectivity index (χ0v) is 42.1. The predicted molar refractivity (Wildman–Crippen MR) is 263 cm³/mol. The number of alkyl carbamates (subject to hydrolysis) is 1. The van der Waals surface area contributed by atoms with Crippen LogP contribution in [-0.2, 0) is 49.7 Å². The molecule has 17 heteroatoms. The largest absolute Gasteiger partial charge is 0.497 e. The molecular formula is C52H69N4O12P. The summed E-state index contributed by atoms with van der Waals surface area (Å²) in [6, 6.07) is 32.2. The molecule has 1 aliphatic rings. The summed E-state index contributed by atoms with van der Waals surface area (Å²) in [5.74, 6) is 1.32. The van der Waals surface area contributed by atoms with E-state index >= 15 is 0 Å². The van der Waals surface area contributed by atoms with E-state index in [1.165, 1.54) is 6.92 Å². The van der Waals surface area contributed by atoms with Crippen molar-refractivity contribution >= 4 is 20.5 Å². The molecule has 4 aromatic carbocycles. The van der Waals surface area contributed by atoms with Crippen LogP contribution in [0.2, 0.25) is 0 Å². The van der Waals surface area contributed by atoms with Crippen molar-refractivity contribution in [3.05, 3.63) is 137 Å². The number of nitrogens with one attached hydrogen (secondary N) is 2. The average molecular weight is 973 g/mol. The van der Waals surface area contributed by atoms with Gasteiger partial charge in [0.05, 0.1) is 53.9 Å². The normalized spacial score (nSPS) is 18.6. The van der Waals surface area contributed by atoms with Gasteiger partial charge in [-0.25, -0.2) is 16.0 Å². The van der Waals surface area contributed by atoms with Crippen molar-refractivity contribution in [2.24, 2.45) is 5.92 Å². The Hall–Kier alpha value is -5.34. The van der Waals surface area contributed by atoms with Gasteiger partial charge in [0.15, 0.2) is 6.29 Å². The Morgan fingerprint density at radius 2 is 1.35 bits per heavy atom. The molecule has 2 N–H and O–H groups in total. The van der Waals surface area contributed by atoms with Crippen LogP contribution in [0.15, 0.2) is 103 Å². The minimum absolute atomic E-state index is 0.0208. The topological polar surface area (TPSA) is 158 Å². The summed E-state index contributed by atoms with van der Waals surface area (Å²) in [6.07, 6.45) is -3.11. The average Bonchev–Trinajstić information content (AvgIpc) is 3.35. The molecule has 0 bridgehead atoms. The van der Waals surface area contributed by atoms with Crippen LogP contribution >= 0.6 is 8.53 Å². The van der Waals surface area contributed by atoms with Crippen molar-refractivity contribution in [1.29, 1.82) is 0 Å². The quantitative estimate of drug-likeness (QED) is 0.0254. The first kappa shape index (κ1) is 54.6. The number of benzene rings is 4. The number of rotatable bonds is 27. The fourth-order valence-electron chi connectivity index (χ4n) is 8.26. The maximum absolute atomic E-state index is 13.1. The Kier molecular flexibility index (Phi) is 22.0. The van der Waals surface area contributed by atoms with Crippen molar-refractivity contribution in [2.45, 2.75) is 90.3 Å². The third-order valence-electron chi connectivity index (χ3n) is 11.5. The second-order valence-electron chi connectivity index (χ2n) is 16.8. The molecule has 1 saturated heterocycles. The molecule has 6 unspecified atom stereocenters. The van der Waals surface area contributed by atoms with Gasteiger partial charge in [0.2, 0.25) is 12.5 Å². The Bertz CT molecular complexity index is 2140. The van der Waals surface area contributed by atoms with Crippen LogP contribution in [0.5, 0.6) is 17.2 Å². The zero-order valence-electron chi connectivity index (χ0n) is 41.3. The standard InChI is InChI=1S/C52H69N4O12P/c1-36(2)56(37(3)4)69(66-28-27-53-7)67-32-30-62-49-38(5)47(35-64-51(58)54-34-40-15-14-18-46(33-40)61-10)68-50(48(49)55-39(6)57)63-29-31-65-52(41-16-12-11-13-17-41,42-19-23-44(59-8)24-20-42)43-21-25-45(60-9)26-22-43/h11-26,33,36-38,47-50H,27-32,34-35H2,1-6,8-10H3,(H,54,58)(H,55,57). The first-order valence-electron chi connectivity index (χ1n) is 23.2. The molecule has 5 rings (SSSR count). The third kappa shape index (κ3) is 15.3. The monoisotopic (exact) mass is 972 g/mol. The highest BCUT2D eigenvalue weighted by Gasteiger charge is 2.47. The molecule has 0 saturated carbocycles. The maximum Gasteiger partial charge on any atom is 0.407 e. The lowest BCUT2D eigenvalue weighted by molar-refractivity contribution is -0.265. The fraction of sp³-hybridized carbons (Fsp3) is 0.481. The van der Waals surface area contributed by atoms with Gasteiger partial charge < -0.3 is 62.4 Å². The van der Waals surface area contributed by atoms with Crippen LogP contribution in [0.4, 0.5) is 4.79 Å². The number of methoxy groups -OCH3 is 3. The number of ether oxygens (including phenoxy) is 8. The SMILES string of the molecule is [C-]#[N+]CCOP(OCCOC1C(C)C(COC(=O)NCc2cccc(OC)c2)OC(OCCOC(c2ccccc2)(c2ccc(OC)cc2)c2ccc(OC)cc2)C1NC(C)=O)N(C(C)C)C(C)C. The highest BCUT2D eigenvalue weighted by molar-refractivity contribution is 7.44. The lowest BCUT2D eigenvalue weighted by atomic mass is 9.80. The fourth-order valence-corrected chi connectivity index (χ4v) is 9.82. The van der Waals surface area contributed by atoms with Crippen LogP contribution in [0, 0.1) is 12.5 Å². The third-order valence-corrected chi connectivity index (χ3v) is 13.6. The summed E-state index contributed by atoms with van der Waals surface area (Å²) >= 11 is 0. The van der Waals surface area contributed by atoms with Crippen LogP contribution in [-0.4, -0.2) is 121 Å². The van der Waals surface area contributed by atoms with E-state index in [0.29, 0.717) is 17.2 Å². The Balaban J connectivity index is 1.39. The lowest BCUT2D eigenvalue weighted by Gasteiger charge is -2.45. The van der Waals surface area contributed by atoms with Crippen LogP contribution in [0.3, 0.4) is 0 Å². The summed E-state index contributed by atoms with van der Waals surface area (Å²) in [5.41, 5.74) is 2.30. The van der Waals surface area contributed by atoms with Crippen molar-refractivity contribution in [3.63, 3.8) is 0 Å². The molecule has 2 amide bonds. The van der Waals surface area contributed by atoms with Crippen molar-refractivity contribution in [1.82, 2.24) is 15.3 Å². The van der Waals surface area contributed by atoms with E-state index < -0.39 is 50.7 Å². The van der Waals surface area contributed by atoms with E-state index in [4.69, 9.17) is 53.5 Å². The second-order valence-corrected chi connectivity index (χ2v) is 18.3. The summed E-state index contributed by atoms with van der Waals surface area (Å²) in [5, 5.41) is 5.82. The Labute approximate surface area is 408 Å². The first-order chi connectivity index (χ1) is 33.3. The molecule has 6 atom stereocenters. The predicted octanol–water partition coefficient (Wildman–Crippen LogP) is 8.51. The molecule has 4 aromatic rings. The molecule has 374 valence electrons. The van der Waals surface area contributed by atoms with E-state index in [1.807, 2.05) is 110 Å². The van der Waals surface area contributed by atoms with E-state index in [1.54, 1.807) is 21.3 Å². The highest BCUT2D eigenvalue weighted by atomic mass is 31.2. The number of hydrogen-bond acceptors (Lipinski definition) is 13. The smallest absolute Gasteiger partial charge is 0.407 e. The number of hydrogen-bond donors (Lipinski definition) is 2. The van der Waals surface area contributed by atoms with E-state index in [9.17, 15) is 9.59 Å². The minimum Gasteiger partial charge on any atom is -0.497 e. The number of carbonyl (C=O) groups excluding carboxylic acids is 2. The minimum atomic E-state index is -1.52. The highest BCUT2D eigenvalue weighted by Crippen LogP contribution is 2.46. The molecule has 0 spiro atoms. The van der Waals surface area contributed by atoms with E-state index in [2.05, 4.69) is 47.8 Å². The number of amides is 2. The molecule has 0 aromatic heterocycles.